The summed E-state index contributed by atoms with van der Waals surface area (Å²) in [6.07, 6.45) is 0. The molecule has 0 nitrogen and oxygen atoms in total. The van der Waals surface area contributed by atoms with Crippen LogP contribution in [-0.2, 0) is 21.7 Å². The maximum atomic E-state index is 4.00. The Bertz CT molecular complexity index is 6.00. The van der Waals surface area contributed by atoms with E-state index in [0.29, 0.717) is 0 Å². The summed E-state index contributed by atoms with van der Waals surface area (Å²) in [5.74, 6) is 0. The van der Waals surface area contributed by atoms with Gasteiger partial charge in [-0.15, -0.1) is 0 Å². The first-order chi connectivity index (χ1) is 1.00. The molecule has 0 rings (SSSR count). The van der Waals surface area contributed by atoms with Gasteiger partial charge in [-0.25, -0.2) is 0 Å². The van der Waals surface area contributed by atoms with E-state index in [1.807, 2.05) is 0 Å². The Morgan fingerprint density at radius 2 is 1.00 bits per heavy atom. The minimum absolute atomic E-state index is 0. The average Bonchev–Trinajstić information content (AvgIpc) is 1.00. The summed E-state index contributed by atoms with van der Waals surface area (Å²) < 4.78 is 0. The Kier molecular flexibility index (Phi) is 120. The summed E-state index contributed by atoms with van der Waals surface area (Å²) in [7, 11) is 8.00. The predicted molar refractivity (Wildman–Crippen MR) is 21.4 cm³/mol. The van der Waals surface area contributed by atoms with Gasteiger partial charge in [-0.1, -0.05) is 0 Å². The van der Waals surface area contributed by atoms with Gasteiger partial charge in [0.05, 0.1) is 0 Å². The third kappa shape index (κ3) is 10.1. The van der Waals surface area contributed by atoms with Crippen LogP contribution in [0.2, 0.25) is 0 Å². The van der Waals surface area contributed by atoms with E-state index in [1.54, 1.807) is 0 Å². The second-order valence-corrected chi connectivity index (χ2v) is 0. The molecule has 0 aromatic carbocycles. The molecule has 0 aromatic rings. The minimum atomic E-state index is 0. The fraction of sp³-hybridized carbons (Fsp3) is 0. The van der Waals surface area contributed by atoms with Gasteiger partial charge in [-0.2, -0.15) is 0 Å². The molecule has 16 valence electrons. The Morgan fingerprint density at radius 3 is 1.00 bits per heavy atom. The van der Waals surface area contributed by atoms with E-state index in [1.165, 1.54) is 0 Å². The maximum absolute atomic E-state index is 4.00. The average molecular weight is 99.5 g/mol. The molecule has 4 heteroatoms. The standard InChI is InChI=1S/Al.B2.Ti.3H/c;1-2;;;;. The second kappa shape index (κ2) is 26.3. The second-order valence-electron chi connectivity index (χ2n) is 0. The van der Waals surface area contributed by atoms with Crippen molar-refractivity contribution >= 4 is 32.8 Å². The number of hydrogen-bond acceptors (Lipinski definition) is 0. The molecule has 0 fully saturated rings. The van der Waals surface area contributed by atoms with Gasteiger partial charge in [0.15, 0.2) is 17.4 Å². The van der Waals surface area contributed by atoms with Gasteiger partial charge < -0.3 is 0 Å². The Hall–Kier alpha value is 1.38. The molecular formula is H3AlB2Ti. The van der Waals surface area contributed by atoms with Gasteiger partial charge in [0, 0.05) is 37.2 Å². The minimum Gasteiger partial charge on any atom is 0 e. The molecule has 0 saturated heterocycles. The molecule has 4 heavy (non-hydrogen) atoms. The van der Waals surface area contributed by atoms with Crippen molar-refractivity contribution in [1.29, 1.82) is 0 Å². The van der Waals surface area contributed by atoms with Crippen molar-refractivity contribution in [3.05, 3.63) is 0 Å². The van der Waals surface area contributed by atoms with Crippen molar-refractivity contribution in [2.45, 2.75) is 0 Å². The molecule has 4 radical (unpaired) electrons. The third-order valence-corrected chi connectivity index (χ3v) is 0. The van der Waals surface area contributed by atoms with Gasteiger partial charge in [0.1, 0.15) is 0 Å². The smallest absolute Gasteiger partial charge is 0 e. The molecule has 0 bridgehead atoms. The predicted octanol–water partition coefficient (Wildman–Crippen LogP) is -1.95. The first kappa shape index (κ1) is 18.2. The van der Waals surface area contributed by atoms with Gasteiger partial charge in [0.25, 0.3) is 0 Å². The maximum Gasteiger partial charge on any atom is 0.187 e. The van der Waals surface area contributed by atoms with E-state index in [0.717, 1.165) is 0 Å². The molecule has 0 spiro atoms. The zero-order chi connectivity index (χ0) is 2.00. The van der Waals surface area contributed by atoms with E-state index < -0.39 is 0 Å². The molecule has 0 amide bonds. The zero-order valence-corrected chi connectivity index (χ0v) is 3.22. The van der Waals surface area contributed by atoms with Gasteiger partial charge in [-0.05, 0) is 0 Å². The Labute approximate surface area is 54.5 Å². The van der Waals surface area contributed by atoms with E-state index in [2.05, 4.69) is 15.5 Å². The Balaban J connectivity index is -0.00000000500. The van der Waals surface area contributed by atoms with Crippen molar-refractivity contribution in [3.8, 4) is 0 Å². The van der Waals surface area contributed by atoms with Crippen LogP contribution in [0, 0.1) is 0 Å². The quantitative estimate of drug-likeness (QED) is 0.310. The van der Waals surface area contributed by atoms with E-state index in [-0.39, 0.29) is 39.1 Å². The van der Waals surface area contributed by atoms with Gasteiger partial charge >= 0.3 is 0 Å². The van der Waals surface area contributed by atoms with Crippen LogP contribution in [-0.4, -0.2) is 32.8 Å². The summed E-state index contributed by atoms with van der Waals surface area (Å²) in [5.41, 5.74) is 0. The van der Waals surface area contributed by atoms with Gasteiger partial charge in [0.2, 0.25) is 0 Å². The fourth-order valence-corrected chi connectivity index (χ4v) is 0. The van der Waals surface area contributed by atoms with Gasteiger partial charge in [-0.3, -0.25) is 0 Å². The summed E-state index contributed by atoms with van der Waals surface area (Å²) >= 11 is 0. The van der Waals surface area contributed by atoms with E-state index >= 15 is 0 Å². The molecule has 0 N–H and O–H groups in total. The SMILES string of the molecule is [AlH3].[B][B].[Ti]. The molecular weight excluding hydrogens is 96.5 g/mol. The van der Waals surface area contributed by atoms with Crippen molar-refractivity contribution in [2.75, 3.05) is 0 Å². The largest absolute Gasteiger partial charge is 0.187 e. The molecule has 0 aliphatic carbocycles. The zero-order valence-electron chi connectivity index (χ0n) is 1.65. The van der Waals surface area contributed by atoms with Crippen LogP contribution in [0.15, 0.2) is 0 Å². The molecule has 0 atom stereocenters. The van der Waals surface area contributed by atoms with Crippen LogP contribution in [0.4, 0.5) is 0 Å². The molecule has 0 heterocycles. The first-order valence-electron chi connectivity index (χ1n) is 0.333. The van der Waals surface area contributed by atoms with Crippen LogP contribution in [0.5, 0.6) is 0 Å². The van der Waals surface area contributed by atoms with E-state index in [4.69, 9.17) is 0 Å². The summed E-state index contributed by atoms with van der Waals surface area (Å²) in [6, 6.07) is 0. The van der Waals surface area contributed by atoms with Crippen LogP contribution in [0.25, 0.3) is 0 Å². The number of rotatable bonds is 0. The molecule has 0 aromatic heterocycles. The summed E-state index contributed by atoms with van der Waals surface area (Å²) in [4.78, 5) is 0. The molecule has 0 aliphatic heterocycles. The Morgan fingerprint density at radius 1 is 1.00 bits per heavy atom. The normalized spacial score (nSPS) is 1.00. The van der Waals surface area contributed by atoms with E-state index in [9.17, 15) is 0 Å². The number of hydrogen-bond donors (Lipinski definition) is 0. The first-order valence-corrected chi connectivity index (χ1v) is 0.333. The van der Waals surface area contributed by atoms with Crippen molar-refractivity contribution in [2.24, 2.45) is 0 Å². The fourth-order valence-electron chi connectivity index (χ4n) is 0. The van der Waals surface area contributed by atoms with Crippen molar-refractivity contribution in [1.82, 2.24) is 0 Å². The van der Waals surface area contributed by atoms with Crippen LogP contribution in [0.3, 0.4) is 0 Å². The third-order valence-electron chi connectivity index (χ3n) is 0. The molecule has 0 aliphatic rings. The monoisotopic (exact) mass is 100.0 g/mol. The molecule has 0 saturated carbocycles. The van der Waals surface area contributed by atoms with Crippen LogP contribution < -0.4 is 0 Å². The van der Waals surface area contributed by atoms with Crippen LogP contribution >= 0.6 is 0 Å². The van der Waals surface area contributed by atoms with Crippen molar-refractivity contribution < 1.29 is 21.7 Å². The summed E-state index contributed by atoms with van der Waals surface area (Å²) in [6.45, 7) is 0. The van der Waals surface area contributed by atoms with Crippen molar-refractivity contribution in [3.63, 3.8) is 0 Å². The van der Waals surface area contributed by atoms with Crippen LogP contribution in [0.1, 0.15) is 0 Å². The molecule has 0 unspecified atom stereocenters. The summed E-state index contributed by atoms with van der Waals surface area (Å²) in [5, 5.41) is 0. The topological polar surface area (TPSA) is 0 Å².